The lowest BCUT2D eigenvalue weighted by molar-refractivity contribution is -0.133. The Labute approximate surface area is 166 Å². The number of pyridine rings is 2. The average molecular weight is 397 g/mol. The highest BCUT2D eigenvalue weighted by Gasteiger charge is 2.31. The first-order chi connectivity index (χ1) is 14.0. The molecule has 2 aromatic heterocycles. The first-order valence-corrected chi connectivity index (χ1v) is 8.79. The number of aromatic nitrogens is 2. The lowest BCUT2D eigenvalue weighted by atomic mass is 10.1. The first-order valence-electron chi connectivity index (χ1n) is 8.79. The Morgan fingerprint density at radius 1 is 1.31 bits per heavy atom. The maximum absolute atomic E-state index is 14.0. The van der Waals surface area contributed by atoms with Crippen molar-refractivity contribution in [3.63, 3.8) is 0 Å². The van der Waals surface area contributed by atoms with E-state index in [0.29, 0.717) is 29.9 Å². The van der Waals surface area contributed by atoms with Crippen molar-refractivity contribution in [1.29, 1.82) is 5.26 Å². The number of hydrogen-bond donors (Lipinski definition) is 0. The molecule has 1 unspecified atom stereocenters. The van der Waals surface area contributed by atoms with Gasteiger partial charge in [-0.05, 0) is 18.1 Å². The fourth-order valence-electron chi connectivity index (χ4n) is 2.73. The Bertz CT molecular complexity index is 985. The van der Waals surface area contributed by atoms with Gasteiger partial charge in [-0.25, -0.2) is 18.8 Å². The van der Waals surface area contributed by atoms with Gasteiger partial charge >= 0.3 is 0 Å². The Hall–Kier alpha value is -3.67. The highest BCUT2D eigenvalue weighted by atomic mass is 19.1. The number of nitrogens with zero attached hydrogens (tertiary/aromatic N) is 5. The molecule has 0 fully saturated rings. The Balaban J connectivity index is 1.51. The molecule has 29 heavy (non-hydrogen) atoms. The van der Waals surface area contributed by atoms with Gasteiger partial charge in [0.25, 0.3) is 0 Å². The number of carbonyl (C=O) groups is 1. The summed E-state index contributed by atoms with van der Waals surface area (Å²) in [6.07, 6.45) is 4.55. The molecular formula is C20H17F2N5O2. The second-order valence-electron chi connectivity index (χ2n) is 6.34. The molecule has 3 heterocycles. The molecule has 1 aliphatic heterocycles. The van der Waals surface area contributed by atoms with Crippen molar-refractivity contribution in [2.75, 3.05) is 6.61 Å². The van der Waals surface area contributed by atoms with E-state index in [4.69, 9.17) is 10.00 Å². The molecule has 0 N–H and O–H groups in total. The molecule has 0 saturated heterocycles. The lowest BCUT2D eigenvalue weighted by Gasteiger charge is -2.22. The van der Waals surface area contributed by atoms with Gasteiger partial charge in [0, 0.05) is 37.4 Å². The van der Waals surface area contributed by atoms with Gasteiger partial charge in [0.05, 0.1) is 11.8 Å². The van der Waals surface area contributed by atoms with Crippen molar-refractivity contribution >= 4 is 12.1 Å². The normalized spacial score (nSPS) is 15.2. The first kappa shape index (κ1) is 20.1. The summed E-state index contributed by atoms with van der Waals surface area (Å²) >= 11 is 0. The molecular weight excluding hydrogens is 380 g/mol. The molecule has 1 aliphatic rings. The predicted octanol–water partition coefficient (Wildman–Crippen LogP) is 3.30. The van der Waals surface area contributed by atoms with E-state index < -0.39 is 17.7 Å². The van der Waals surface area contributed by atoms with E-state index in [9.17, 15) is 13.6 Å². The van der Waals surface area contributed by atoms with Crippen molar-refractivity contribution in [3.8, 4) is 11.9 Å². The Morgan fingerprint density at radius 2 is 2.14 bits per heavy atom. The average Bonchev–Trinajstić information content (AvgIpc) is 3.20. The highest BCUT2D eigenvalue weighted by molar-refractivity contribution is 5.79. The van der Waals surface area contributed by atoms with Crippen LogP contribution in [0, 0.1) is 23.0 Å². The van der Waals surface area contributed by atoms with Crippen LogP contribution in [0.15, 0.2) is 47.8 Å². The maximum Gasteiger partial charge on any atom is 0.243 e. The number of carbonyl (C=O) groups excluding carboxylic acids is 1. The van der Waals surface area contributed by atoms with Gasteiger partial charge < -0.3 is 4.74 Å². The summed E-state index contributed by atoms with van der Waals surface area (Å²) in [7, 11) is 0. The van der Waals surface area contributed by atoms with Crippen LogP contribution in [0.3, 0.4) is 0 Å². The number of amides is 1. The van der Waals surface area contributed by atoms with Gasteiger partial charge in [0.2, 0.25) is 11.8 Å². The van der Waals surface area contributed by atoms with Crippen molar-refractivity contribution < 1.29 is 18.3 Å². The van der Waals surface area contributed by atoms with Crippen LogP contribution in [0.5, 0.6) is 5.88 Å². The van der Waals surface area contributed by atoms with E-state index in [1.165, 1.54) is 17.4 Å². The third-order valence-electron chi connectivity index (χ3n) is 4.22. The largest absolute Gasteiger partial charge is 0.473 e. The van der Waals surface area contributed by atoms with Crippen LogP contribution in [0.1, 0.15) is 36.6 Å². The van der Waals surface area contributed by atoms with Crippen LogP contribution in [0.25, 0.3) is 0 Å². The third-order valence-corrected chi connectivity index (χ3v) is 4.22. The lowest BCUT2D eigenvalue weighted by Crippen LogP contribution is -2.28. The topological polar surface area (TPSA) is 91.5 Å². The molecule has 0 saturated carbocycles. The van der Waals surface area contributed by atoms with E-state index in [2.05, 4.69) is 21.6 Å². The van der Waals surface area contributed by atoms with Crippen molar-refractivity contribution in [1.82, 2.24) is 15.0 Å². The molecule has 3 rings (SSSR count). The summed E-state index contributed by atoms with van der Waals surface area (Å²) in [5.74, 6) is -1.58. The molecule has 0 spiro atoms. The van der Waals surface area contributed by atoms with E-state index in [-0.39, 0.29) is 24.6 Å². The highest BCUT2D eigenvalue weighted by Crippen LogP contribution is 2.29. The minimum Gasteiger partial charge on any atom is -0.473 e. The smallest absolute Gasteiger partial charge is 0.243 e. The Kier molecular flexibility index (Phi) is 6.24. The zero-order valence-electron chi connectivity index (χ0n) is 15.4. The summed E-state index contributed by atoms with van der Waals surface area (Å²) < 4.78 is 32.6. The standard InChI is InChI=1S/C20H17F2N5O2/c1-13(12-29-18-4-3-14(9-23)10-24-18)2-5-19(28)27-17(6-7-26-27)20-16(22)8-15(21)11-25-20/h3-4,7-8,10-11,17H,1-2,5-6,12H2. The molecule has 0 aromatic carbocycles. The van der Waals surface area contributed by atoms with Crippen LogP contribution in [0.2, 0.25) is 0 Å². The zero-order chi connectivity index (χ0) is 20.8. The molecule has 0 aliphatic carbocycles. The molecule has 148 valence electrons. The summed E-state index contributed by atoms with van der Waals surface area (Å²) in [6, 6.07) is 5.16. The number of nitriles is 1. The molecule has 0 radical (unpaired) electrons. The maximum atomic E-state index is 14.0. The van der Waals surface area contributed by atoms with Crippen LogP contribution in [-0.2, 0) is 4.79 Å². The van der Waals surface area contributed by atoms with E-state index >= 15 is 0 Å². The fraction of sp³-hybridized carbons (Fsp3) is 0.250. The number of hydrazone groups is 1. The molecule has 2 aromatic rings. The quantitative estimate of drug-likeness (QED) is 0.669. The van der Waals surface area contributed by atoms with Crippen LogP contribution >= 0.6 is 0 Å². The van der Waals surface area contributed by atoms with Gasteiger partial charge in [-0.15, -0.1) is 0 Å². The van der Waals surface area contributed by atoms with Crippen LogP contribution in [0.4, 0.5) is 8.78 Å². The predicted molar refractivity (Wildman–Crippen MR) is 99.7 cm³/mol. The summed E-state index contributed by atoms with van der Waals surface area (Å²) in [4.78, 5) is 20.3. The van der Waals surface area contributed by atoms with Gasteiger partial charge in [-0.2, -0.15) is 10.4 Å². The molecule has 0 bridgehead atoms. The van der Waals surface area contributed by atoms with Crippen molar-refractivity contribution in [2.24, 2.45) is 5.10 Å². The fourth-order valence-corrected chi connectivity index (χ4v) is 2.73. The van der Waals surface area contributed by atoms with Gasteiger partial charge in [0.15, 0.2) is 0 Å². The van der Waals surface area contributed by atoms with E-state index in [0.717, 1.165) is 12.3 Å². The minimum atomic E-state index is -0.814. The summed E-state index contributed by atoms with van der Waals surface area (Å²) in [5.41, 5.74) is 1.07. The second-order valence-corrected chi connectivity index (χ2v) is 6.34. The molecule has 1 atom stereocenters. The summed E-state index contributed by atoms with van der Waals surface area (Å²) in [5, 5.41) is 13.9. The minimum absolute atomic E-state index is 0.0219. The van der Waals surface area contributed by atoms with Crippen molar-refractivity contribution in [3.05, 3.63) is 65.6 Å². The number of ether oxygens (including phenoxy) is 1. The van der Waals surface area contributed by atoms with Gasteiger partial charge in [-0.3, -0.25) is 9.78 Å². The second kappa shape index (κ2) is 9.01. The molecule has 1 amide bonds. The van der Waals surface area contributed by atoms with Gasteiger partial charge in [0.1, 0.15) is 36.0 Å². The molecule has 7 nitrogen and oxygen atoms in total. The van der Waals surface area contributed by atoms with Crippen molar-refractivity contribution in [2.45, 2.75) is 25.3 Å². The Morgan fingerprint density at radius 3 is 2.83 bits per heavy atom. The number of hydrogen-bond acceptors (Lipinski definition) is 6. The third kappa shape index (κ3) is 4.99. The monoisotopic (exact) mass is 397 g/mol. The number of halogens is 2. The van der Waals surface area contributed by atoms with Crippen LogP contribution in [-0.4, -0.2) is 33.7 Å². The zero-order valence-corrected chi connectivity index (χ0v) is 15.4. The summed E-state index contributed by atoms with van der Waals surface area (Å²) in [6.45, 7) is 4.03. The van der Waals surface area contributed by atoms with E-state index in [1.807, 2.05) is 6.07 Å². The SMILES string of the molecule is C=C(CCC(=O)N1N=CCC1c1ncc(F)cc1F)COc1ccc(C#N)cn1. The number of rotatable bonds is 7. The van der Waals surface area contributed by atoms with E-state index in [1.54, 1.807) is 12.1 Å². The van der Waals surface area contributed by atoms with Crippen LogP contribution < -0.4 is 4.74 Å². The molecule has 9 heteroatoms. The van der Waals surface area contributed by atoms with Gasteiger partial charge in [-0.1, -0.05) is 6.58 Å².